The molecule has 20 heavy (non-hydrogen) atoms. The molecule has 4 nitrogen and oxygen atoms in total. The zero-order valence-corrected chi connectivity index (χ0v) is 11.8. The van der Waals surface area contributed by atoms with Crippen molar-refractivity contribution in [3.05, 3.63) is 24.2 Å². The van der Waals surface area contributed by atoms with Crippen LogP contribution in [0.2, 0.25) is 0 Å². The van der Waals surface area contributed by atoms with Crippen LogP contribution in [0.4, 0.5) is 0 Å². The van der Waals surface area contributed by atoms with Gasteiger partial charge in [0.25, 0.3) is 0 Å². The van der Waals surface area contributed by atoms with E-state index in [0.29, 0.717) is 12.0 Å². The van der Waals surface area contributed by atoms with E-state index in [4.69, 9.17) is 9.72 Å². The van der Waals surface area contributed by atoms with E-state index in [1.807, 2.05) is 12.3 Å². The van der Waals surface area contributed by atoms with Crippen LogP contribution in [0, 0.1) is 5.92 Å². The minimum Gasteiger partial charge on any atom is -0.381 e. The Hall–Kier alpha value is -1.42. The lowest BCUT2D eigenvalue weighted by Crippen LogP contribution is -2.24. The van der Waals surface area contributed by atoms with Crippen molar-refractivity contribution in [2.75, 3.05) is 13.2 Å². The van der Waals surface area contributed by atoms with Gasteiger partial charge in [0, 0.05) is 31.9 Å². The van der Waals surface area contributed by atoms with Crippen LogP contribution in [0.5, 0.6) is 0 Å². The maximum Gasteiger partial charge on any atom is 0.160 e. The summed E-state index contributed by atoms with van der Waals surface area (Å²) in [6.45, 7) is 1.82. The van der Waals surface area contributed by atoms with E-state index in [-0.39, 0.29) is 0 Å². The first kappa shape index (κ1) is 12.3. The second kappa shape index (κ2) is 5.17. The van der Waals surface area contributed by atoms with Gasteiger partial charge in [-0.15, -0.1) is 0 Å². The smallest absolute Gasteiger partial charge is 0.160 e. The molecule has 2 aromatic rings. The molecule has 0 bridgehead atoms. The van der Waals surface area contributed by atoms with E-state index < -0.39 is 0 Å². The second-order valence-corrected chi connectivity index (χ2v) is 6.12. The Bertz CT molecular complexity index is 597. The van der Waals surface area contributed by atoms with Crippen LogP contribution in [-0.2, 0) is 11.2 Å². The van der Waals surface area contributed by atoms with E-state index in [1.54, 1.807) is 0 Å². The molecular formula is C16H21N3O. The van der Waals surface area contributed by atoms with Gasteiger partial charge in [-0.05, 0) is 50.2 Å². The summed E-state index contributed by atoms with van der Waals surface area (Å²) in [6.07, 6.45) is 9.25. The van der Waals surface area contributed by atoms with Crippen molar-refractivity contribution in [3.8, 4) is 0 Å². The Balaban J connectivity index is 1.69. The summed E-state index contributed by atoms with van der Waals surface area (Å²) in [6, 6.07) is 4.68. The Labute approximate surface area is 119 Å². The normalized spacial score (nSPS) is 23.9. The monoisotopic (exact) mass is 271 g/mol. The highest BCUT2D eigenvalue weighted by Gasteiger charge is 2.26. The number of ether oxygens (including phenoxy) is 1. The third-order valence-electron chi connectivity index (χ3n) is 4.69. The standard InChI is InChI=1S/C16H21N3O/c1-5-13(6-1)19-15(10-12-4-3-9-20-11-12)18-14-7-2-8-17-16(14)19/h2,7-8,12-13H,1,3-6,9-11H2. The van der Waals surface area contributed by atoms with E-state index in [2.05, 4.69) is 15.6 Å². The highest BCUT2D eigenvalue weighted by Crippen LogP contribution is 2.35. The lowest BCUT2D eigenvalue weighted by atomic mass is 9.92. The van der Waals surface area contributed by atoms with Crippen LogP contribution in [0.1, 0.15) is 44.0 Å². The summed E-state index contributed by atoms with van der Waals surface area (Å²) < 4.78 is 8.03. The maximum atomic E-state index is 5.62. The zero-order chi connectivity index (χ0) is 13.4. The molecule has 0 spiro atoms. The number of hydrogen-bond acceptors (Lipinski definition) is 3. The van der Waals surface area contributed by atoms with Crippen molar-refractivity contribution >= 4 is 11.2 Å². The average Bonchev–Trinajstić information content (AvgIpc) is 2.77. The molecule has 106 valence electrons. The number of imidazole rings is 1. The van der Waals surface area contributed by atoms with E-state index in [1.165, 1.54) is 37.9 Å². The van der Waals surface area contributed by atoms with E-state index >= 15 is 0 Å². The molecule has 0 N–H and O–H groups in total. The molecule has 1 aliphatic heterocycles. The van der Waals surface area contributed by atoms with Gasteiger partial charge in [0.05, 0.1) is 0 Å². The molecule has 4 rings (SSSR count). The van der Waals surface area contributed by atoms with Gasteiger partial charge >= 0.3 is 0 Å². The first-order valence-corrected chi connectivity index (χ1v) is 7.81. The number of pyridine rings is 1. The van der Waals surface area contributed by atoms with Crippen LogP contribution in [0.15, 0.2) is 18.3 Å². The molecule has 1 unspecified atom stereocenters. The first-order valence-electron chi connectivity index (χ1n) is 7.81. The van der Waals surface area contributed by atoms with Crippen LogP contribution in [0.3, 0.4) is 0 Å². The minimum atomic E-state index is 0.620. The van der Waals surface area contributed by atoms with Crippen LogP contribution >= 0.6 is 0 Å². The molecule has 0 radical (unpaired) electrons. The molecule has 2 aromatic heterocycles. The van der Waals surface area contributed by atoms with Gasteiger partial charge in [0.2, 0.25) is 0 Å². The SMILES string of the molecule is c1cnc2c(c1)nc(CC1CCCOC1)n2C1CCC1. The van der Waals surface area contributed by atoms with Crippen molar-refractivity contribution in [1.82, 2.24) is 14.5 Å². The highest BCUT2D eigenvalue weighted by atomic mass is 16.5. The van der Waals surface area contributed by atoms with Gasteiger partial charge in [0.15, 0.2) is 5.65 Å². The summed E-state index contributed by atoms with van der Waals surface area (Å²) >= 11 is 0. The van der Waals surface area contributed by atoms with Gasteiger partial charge in [-0.2, -0.15) is 0 Å². The van der Waals surface area contributed by atoms with Crippen molar-refractivity contribution in [3.63, 3.8) is 0 Å². The number of nitrogens with zero attached hydrogens (tertiary/aromatic N) is 3. The van der Waals surface area contributed by atoms with Crippen molar-refractivity contribution < 1.29 is 4.74 Å². The molecule has 0 amide bonds. The van der Waals surface area contributed by atoms with Crippen LogP contribution in [0.25, 0.3) is 11.2 Å². The Morgan fingerprint density at radius 1 is 1.25 bits per heavy atom. The summed E-state index contributed by atoms with van der Waals surface area (Å²) in [7, 11) is 0. The number of aromatic nitrogens is 3. The molecule has 2 fully saturated rings. The predicted octanol–water partition coefficient (Wildman–Crippen LogP) is 3.13. The largest absolute Gasteiger partial charge is 0.381 e. The van der Waals surface area contributed by atoms with Crippen molar-refractivity contribution in [2.24, 2.45) is 5.92 Å². The fourth-order valence-electron chi connectivity index (χ4n) is 3.38. The molecule has 1 saturated heterocycles. The Morgan fingerprint density at radius 2 is 2.20 bits per heavy atom. The number of fused-ring (bicyclic) bond motifs is 1. The quantitative estimate of drug-likeness (QED) is 0.861. The van der Waals surface area contributed by atoms with Gasteiger partial charge in [-0.1, -0.05) is 0 Å². The Morgan fingerprint density at radius 3 is 2.95 bits per heavy atom. The number of rotatable bonds is 3. The highest BCUT2D eigenvalue weighted by molar-refractivity contribution is 5.71. The average molecular weight is 271 g/mol. The third kappa shape index (κ3) is 2.12. The lowest BCUT2D eigenvalue weighted by Gasteiger charge is -2.30. The molecule has 1 saturated carbocycles. The van der Waals surface area contributed by atoms with Gasteiger partial charge < -0.3 is 9.30 Å². The fraction of sp³-hybridized carbons (Fsp3) is 0.625. The summed E-state index contributed by atoms with van der Waals surface area (Å²) in [4.78, 5) is 9.42. The zero-order valence-electron chi connectivity index (χ0n) is 11.8. The fourth-order valence-corrected chi connectivity index (χ4v) is 3.38. The van der Waals surface area contributed by atoms with E-state index in [0.717, 1.165) is 30.8 Å². The lowest BCUT2D eigenvalue weighted by molar-refractivity contribution is 0.0537. The number of hydrogen-bond donors (Lipinski definition) is 0. The molecule has 1 atom stereocenters. The van der Waals surface area contributed by atoms with Crippen LogP contribution in [-0.4, -0.2) is 27.7 Å². The molecule has 1 aliphatic carbocycles. The molecule has 2 aliphatic rings. The van der Waals surface area contributed by atoms with Gasteiger partial charge in [-0.25, -0.2) is 9.97 Å². The summed E-state index contributed by atoms with van der Waals surface area (Å²) in [5.41, 5.74) is 2.12. The topological polar surface area (TPSA) is 39.9 Å². The van der Waals surface area contributed by atoms with Crippen molar-refractivity contribution in [1.29, 1.82) is 0 Å². The summed E-state index contributed by atoms with van der Waals surface area (Å²) in [5.74, 6) is 1.85. The minimum absolute atomic E-state index is 0.620. The molecule has 4 heteroatoms. The first-order chi connectivity index (χ1) is 9.92. The molecule has 0 aromatic carbocycles. The van der Waals surface area contributed by atoms with E-state index in [9.17, 15) is 0 Å². The third-order valence-corrected chi connectivity index (χ3v) is 4.69. The Kier molecular flexibility index (Phi) is 3.19. The van der Waals surface area contributed by atoms with Gasteiger partial charge in [-0.3, -0.25) is 0 Å². The van der Waals surface area contributed by atoms with Gasteiger partial charge in [0.1, 0.15) is 11.3 Å². The maximum absolute atomic E-state index is 5.62. The second-order valence-electron chi connectivity index (χ2n) is 6.12. The molecular weight excluding hydrogens is 250 g/mol. The summed E-state index contributed by atoms with van der Waals surface area (Å²) in [5, 5.41) is 0. The predicted molar refractivity (Wildman–Crippen MR) is 77.7 cm³/mol. The molecule has 3 heterocycles. The van der Waals surface area contributed by atoms with Crippen LogP contribution < -0.4 is 0 Å². The van der Waals surface area contributed by atoms with Crippen molar-refractivity contribution in [2.45, 2.75) is 44.6 Å².